The molecule has 0 aliphatic heterocycles. The van der Waals surface area contributed by atoms with Crippen molar-refractivity contribution in [1.82, 2.24) is 0 Å². The summed E-state index contributed by atoms with van der Waals surface area (Å²) in [5.41, 5.74) is 3.29. The van der Waals surface area contributed by atoms with Crippen molar-refractivity contribution in [2.45, 2.75) is 20.8 Å². The number of rotatable bonds is 7. The van der Waals surface area contributed by atoms with E-state index in [9.17, 15) is 9.18 Å². The van der Waals surface area contributed by atoms with Gasteiger partial charge in [-0.25, -0.2) is 4.39 Å². The van der Waals surface area contributed by atoms with E-state index in [1.165, 1.54) is 12.1 Å². The van der Waals surface area contributed by atoms with Crippen LogP contribution in [-0.4, -0.2) is 29.4 Å². The molecule has 1 aromatic carbocycles. The normalized spacial score (nSPS) is 11.5. The first-order valence-corrected chi connectivity index (χ1v) is 7.31. The zero-order valence-electron chi connectivity index (χ0n) is 11.8. The van der Waals surface area contributed by atoms with Crippen LogP contribution >= 0.6 is 15.9 Å². The first-order valence-electron chi connectivity index (χ1n) is 6.18. The van der Waals surface area contributed by atoms with Crippen LogP contribution in [-0.2, 0) is 4.84 Å². The van der Waals surface area contributed by atoms with Crippen LogP contribution < -0.4 is 5.48 Å². The van der Waals surface area contributed by atoms with Gasteiger partial charge in [-0.05, 0) is 24.6 Å². The van der Waals surface area contributed by atoms with Crippen molar-refractivity contribution in [1.29, 1.82) is 0 Å². The Balaban J connectivity index is 2.78. The van der Waals surface area contributed by atoms with E-state index in [1.807, 2.05) is 13.8 Å². The standard InChI is InChI=1S/C14H19BrFNO3/c1-9-4-12(17-20-8-14(2,3)7-18)11(16)5-10(9)13(19)6-15/h4-5,17-18H,6-8H2,1-3H3. The molecule has 1 aromatic rings. The maximum Gasteiger partial charge on any atom is 0.173 e. The molecule has 1 rings (SSSR count). The number of halogens is 2. The number of carbonyl (C=O) groups is 1. The van der Waals surface area contributed by atoms with Crippen molar-refractivity contribution < 1.29 is 19.1 Å². The average Bonchev–Trinajstić information content (AvgIpc) is 2.41. The molecule has 2 N–H and O–H groups in total. The van der Waals surface area contributed by atoms with Gasteiger partial charge in [-0.3, -0.25) is 15.1 Å². The molecule has 0 aromatic heterocycles. The molecule has 0 saturated carbocycles. The van der Waals surface area contributed by atoms with E-state index in [4.69, 9.17) is 9.94 Å². The van der Waals surface area contributed by atoms with Crippen LogP contribution in [0, 0.1) is 18.2 Å². The zero-order chi connectivity index (χ0) is 15.3. The van der Waals surface area contributed by atoms with E-state index >= 15 is 0 Å². The summed E-state index contributed by atoms with van der Waals surface area (Å²) >= 11 is 3.06. The van der Waals surface area contributed by atoms with Gasteiger partial charge in [-0.2, -0.15) is 0 Å². The number of Topliss-reactive ketones (excluding diaryl/α,β-unsaturated/α-hetero) is 1. The molecular formula is C14H19BrFNO3. The largest absolute Gasteiger partial charge is 0.396 e. The van der Waals surface area contributed by atoms with Crippen LogP contribution in [0.2, 0.25) is 0 Å². The maximum atomic E-state index is 13.9. The highest BCUT2D eigenvalue weighted by Crippen LogP contribution is 2.22. The topological polar surface area (TPSA) is 58.6 Å². The second-order valence-electron chi connectivity index (χ2n) is 5.42. The predicted octanol–water partition coefficient (Wildman–Crippen LogP) is 3.07. The van der Waals surface area contributed by atoms with Crippen LogP contribution in [0.4, 0.5) is 10.1 Å². The number of alkyl halides is 1. The van der Waals surface area contributed by atoms with Crippen LogP contribution in [0.1, 0.15) is 29.8 Å². The van der Waals surface area contributed by atoms with Gasteiger partial charge in [-0.1, -0.05) is 29.8 Å². The molecule has 6 heteroatoms. The van der Waals surface area contributed by atoms with Gasteiger partial charge in [0.05, 0.1) is 24.2 Å². The second kappa shape index (κ2) is 7.15. The molecule has 0 aliphatic carbocycles. The molecule has 0 radical (unpaired) electrons. The van der Waals surface area contributed by atoms with Gasteiger partial charge in [0.2, 0.25) is 0 Å². The van der Waals surface area contributed by atoms with E-state index in [0.717, 1.165) is 0 Å². The second-order valence-corrected chi connectivity index (χ2v) is 5.98. The number of aryl methyl sites for hydroxylation is 1. The van der Waals surface area contributed by atoms with Crippen molar-refractivity contribution >= 4 is 27.4 Å². The molecule has 0 spiro atoms. The van der Waals surface area contributed by atoms with Crippen molar-refractivity contribution in [2.24, 2.45) is 5.41 Å². The molecule has 0 atom stereocenters. The average molecular weight is 348 g/mol. The minimum atomic E-state index is -0.554. The number of anilines is 1. The quantitative estimate of drug-likeness (QED) is 0.452. The molecule has 0 bridgehead atoms. The molecule has 0 unspecified atom stereocenters. The Hall–Kier alpha value is -0.980. The molecule has 4 nitrogen and oxygen atoms in total. The lowest BCUT2D eigenvalue weighted by atomic mass is 9.97. The SMILES string of the molecule is Cc1cc(NOCC(C)(C)CO)c(F)cc1C(=O)CBr. The van der Waals surface area contributed by atoms with E-state index < -0.39 is 11.2 Å². The Morgan fingerprint density at radius 3 is 2.70 bits per heavy atom. The summed E-state index contributed by atoms with van der Waals surface area (Å²) in [7, 11) is 0. The summed E-state index contributed by atoms with van der Waals surface area (Å²) in [6, 6.07) is 2.72. The summed E-state index contributed by atoms with van der Waals surface area (Å²) in [4.78, 5) is 16.8. The van der Waals surface area contributed by atoms with E-state index in [-0.39, 0.29) is 30.0 Å². The molecule has 112 valence electrons. The third-order valence-corrected chi connectivity index (χ3v) is 3.32. The van der Waals surface area contributed by atoms with Crippen molar-refractivity contribution in [3.05, 3.63) is 29.1 Å². The molecule has 0 saturated heterocycles. The lowest BCUT2D eigenvalue weighted by molar-refractivity contribution is 0.0538. The molecule has 20 heavy (non-hydrogen) atoms. The number of benzene rings is 1. The fourth-order valence-corrected chi connectivity index (χ4v) is 1.79. The Kier molecular flexibility index (Phi) is 6.10. The summed E-state index contributed by atoms with van der Waals surface area (Å²) in [5.74, 6) is -0.725. The zero-order valence-corrected chi connectivity index (χ0v) is 13.4. The molecule has 0 aliphatic rings. The summed E-state index contributed by atoms with van der Waals surface area (Å²) in [5, 5.41) is 9.24. The van der Waals surface area contributed by atoms with Crippen LogP contribution in [0.5, 0.6) is 0 Å². The van der Waals surface area contributed by atoms with Crippen LogP contribution in [0.25, 0.3) is 0 Å². The number of aliphatic hydroxyl groups is 1. The van der Waals surface area contributed by atoms with Crippen LogP contribution in [0.15, 0.2) is 12.1 Å². The fourth-order valence-electron chi connectivity index (χ4n) is 1.49. The summed E-state index contributed by atoms with van der Waals surface area (Å²) < 4.78 is 13.9. The Bertz CT molecular complexity index is 492. The Morgan fingerprint density at radius 2 is 2.15 bits per heavy atom. The fraction of sp³-hybridized carbons (Fsp3) is 0.500. The van der Waals surface area contributed by atoms with Gasteiger partial charge in [0.1, 0.15) is 5.82 Å². The highest BCUT2D eigenvalue weighted by molar-refractivity contribution is 9.09. The number of ketones is 1. The number of nitrogens with one attached hydrogen (secondary N) is 1. The van der Waals surface area contributed by atoms with Gasteiger partial charge in [0.15, 0.2) is 5.78 Å². The lowest BCUT2D eigenvalue weighted by Gasteiger charge is -2.21. The van der Waals surface area contributed by atoms with Crippen molar-refractivity contribution in [3.8, 4) is 0 Å². The van der Waals surface area contributed by atoms with Crippen molar-refractivity contribution in [2.75, 3.05) is 24.0 Å². The molecule has 0 amide bonds. The Morgan fingerprint density at radius 1 is 1.50 bits per heavy atom. The predicted molar refractivity (Wildman–Crippen MR) is 79.7 cm³/mol. The van der Waals surface area contributed by atoms with Gasteiger partial charge < -0.3 is 5.11 Å². The minimum Gasteiger partial charge on any atom is -0.396 e. The van der Waals surface area contributed by atoms with Crippen molar-refractivity contribution in [3.63, 3.8) is 0 Å². The smallest absolute Gasteiger partial charge is 0.173 e. The summed E-state index contributed by atoms with van der Waals surface area (Å²) in [6.07, 6.45) is 0. The Labute approximate surface area is 126 Å². The van der Waals surface area contributed by atoms with Gasteiger partial charge in [-0.15, -0.1) is 0 Å². The number of hydrogen-bond donors (Lipinski definition) is 2. The highest BCUT2D eigenvalue weighted by Gasteiger charge is 2.18. The van der Waals surface area contributed by atoms with Gasteiger partial charge in [0, 0.05) is 11.0 Å². The minimum absolute atomic E-state index is 0.0329. The first kappa shape index (κ1) is 17.1. The third-order valence-electron chi connectivity index (χ3n) is 2.81. The molecular weight excluding hydrogens is 329 g/mol. The maximum absolute atomic E-state index is 13.9. The van der Waals surface area contributed by atoms with Crippen LogP contribution in [0.3, 0.4) is 0 Å². The number of hydrogen-bond acceptors (Lipinski definition) is 4. The number of aliphatic hydroxyl groups excluding tert-OH is 1. The monoisotopic (exact) mass is 347 g/mol. The van der Waals surface area contributed by atoms with E-state index in [0.29, 0.717) is 11.1 Å². The molecule has 0 heterocycles. The third kappa shape index (κ3) is 4.54. The number of carbonyl (C=O) groups excluding carboxylic acids is 1. The highest BCUT2D eigenvalue weighted by atomic mass is 79.9. The summed E-state index contributed by atoms with van der Waals surface area (Å²) in [6.45, 7) is 5.58. The lowest BCUT2D eigenvalue weighted by Crippen LogP contribution is -2.25. The van der Waals surface area contributed by atoms with Gasteiger partial charge >= 0.3 is 0 Å². The molecule has 0 fully saturated rings. The first-order chi connectivity index (χ1) is 9.30. The van der Waals surface area contributed by atoms with E-state index in [1.54, 1.807) is 6.92 Å². The van der Waals surface area contributed by atoms with E-state index in [2.05, 4.69) is 21.4 Å². The van der Waals surface area contributed by atoms with Gasteiger partial charge in [0.25, 0.3) is 0 Å².